The van der Waals surface area contributed by atoms with Crippen LogP contribution in [0.2, 0.25) is 0 Å². The van der Waals surface area contributed by atoms with E-state index in [2.05, 4.69) is 10.5 Å². The van der Waals surface area contributed by atoms with Crippen molar-refractivity contribution in [2.24, 2.45) is 0 Å². The van der Waals surface area contributed by atoms with E-state index in [1.54, 1.807) is 14.2 Å². The highest BCUT2D eigenvalue weighted by atomic mass is 16.5. The number of para-hydroxylation sites is 1. The highest BCUT2D eigenvalue weighted by Crippen LogP contribution is 2.38. The van der Waals surface area contributed by atoms with Gasteiger partial charge in [-0.15, -0.1) is 0 Å². The number of carbonyl (C=O) groups excluding carboxylic acids is 1. The minimum absolute atomic E-state index is 0.252. The van der Waals surface area contributed by atoms with Crippen LogP contribution in [0.4, 0.5) is 0 Å². The van der Waals surface area contributed by atoms with Gasteiger partial charge in [-0.25, -0.2) is 0 Å². The Kier molecular flexibility index (Phi) is 4.89. The van der Waals surface area contributed by atoms with Gasteiger partial charge in [0.2, 0.25) is 0 Å². The van der Waals surface area contributed by atoms with Gasteiger partial charge in [0.25, 0.3) is 5.91 Å². The number of rotatable bonds is 6. The zero-order valence-corrected chi connectivity index (χ0v) is 15.7. The largest absolute Gasteiger partial charge is 0.497 e. The van der Waals surface area contributed by atoms with E-state index in [9.17, 15) is 4.79 Å². The van der Waals surface area contributed by atoms with E-state index >= 15 is 0 Å². The molecule has 144 valence electrons. The van der Waals surface area contributed by atoms with Crippen molar-refractivity contribution >= 4 is 5.91 Å². The van der Waals surface area contributed by atoms with E-state index in [1.807, 2.05) is 42.5 Å². The number of fused-ring (bicyclic) bond motifs is 3. The van der Waals surface area contributed by atoms with E-state index in [1.165, 1.54) is 0 Å². The number of ether oxygens (including phenoxy) is 3. The lowest BCUT2D eigenvalue weighted by Crippen LogP contribution is -2.27. The Morgan fingerprint density at radius 3 is 2.86 bits per heavy atom. The van der Waals surface area contributed by atoms with Gasteiger partial charge >= 0.3 is 0 Å². The number of benzene rings is 2. The molecule has 7 heteroatoms. The topological polar surface area (TPSA) is 82.8 Å². The Bertz CT molecular complexity index is 1010. The van der Waals surface area contributed by atoms with Crippen LogP contribution in [0.3, 0.4) is 0 Å². The molecule has 0 saturated heterocycles. The molecule has 1 aliphatic rings. The van der Waals surface area contributed by atoms with Crippen molar-refractivity contribution in [1.29, 1.82) is 0 Å². The fourth-order valence-corrected chi connectivity index (χ4v) is 3.23. The summed E-state index contributed by atoms with van der Waals surface area (Å²) in [6, 6.07) is 13.1. The lowest BCUT2D eigenvalue weighted by molar-refractivity contribution is 0.0943. The highest BCUT2D eigenvalue weighted by molar-refractivity contribution is 5.95. The first-order valence-corrected chi connectivity index (χ1v) is 8.91. The maximum absolute atomic E-state index is 12.6. The Morgan fingerprint density at radius 1 is 1.18 bits per heavy atom. The number of amides is 1. The third-order valence-electron chi connectivity index (χ3n) is 4.67. The maximum Gasteiger partial charge on any atom is 0.273 e. The average Bonchev–Trinajstić information content (AvgIpc) is 3.18. The minimum Gasteiger partial charge on any atom is -0.497 e. The summed E-state index contributed by atoms with van der Waals surface area (Å²) in [6.07, 6.45) is 0.589. The van der Waals surface area contributed by atoms with Crippen molar-refractivity contribution in [3.63, 3.8) is 0 Å². The Morgan fingerprint density at radius 2 is 2.04 bits per heavy atom. The van der Waals surface area contributed by atoms with Crippen molar-refractivity contribution < 1.29 is 23.5 Å². The summed E-state index contributed by atoms with van der Waals surface area (Å²) in [6.45, 7) is 0.670. The second-order valence-electron chi connectivity index (χ2n) is 6.31. The fraction of sp³-hybridized carbons (Fsp3) is 0.238. The number of nitrogens with zero attached hydrogens (tertiary/aromatic N) is 1. The molecule has 1 N–H and O–H groups in total. The van der Waals surface area contributed by atoms with Crippen LogP contribution >= 0.6 is 0 Å². The van der Waals surface area contributed by atoms with Crippen LogP contribution in [0, 0.1) is 0 Å². The van der Waals surface area contributed by atoms with Gasteiger partial charge in [0, 0.05) is 6.54 Å². The van der Waals surface area contributed by atoms with E-state index in [0.29, 0.717) is 24.3 Å². The molecule has 7 nitrogen and oxygen atoms in total. The summed E-state index contributed by atoms with van der Waals surface area (Å²) in [4.78, 5) is 12.6. The zero-order valence-electron chi connectivity index (χ0n) is 15.7. The predicted octanol–water partition coefficient (Wildman–Crippen LogP) is 3.22. The van der Waals surface area contributed by atoms with E-state index in [4.69, 9.17) is 18.7 Å². The van der Waals surface area contributed by atoms with Crippen molar-refractivity contribution in [2.45, 2.75) is 13.0 Å². The molecule has 0 unspecified atom stereocenters. The standard InChI is InChI=1S/C21H20N2O5/c1-25-14-7-8-17(26-2)13(11-14)9-10-22-21(24)19-16-12-27-18-6-4-3-5-15(18)20(16)28-23-19/h3-8,11H,9-10,12H2,1-2H3,(H,22,24). The molecule has 1 aliphatic heterocycles. The summed E-state index contributed by atoms with van der Waals surface area (Å²) < 4.78 is 21.8. The van der Waals surface area contributed by atoms with Crippen LogP contribution in [0.25, 0.3) is 11.3 Å². The van der Waals surface area contributed by atoms with Gasteiger partial charge in [-0.2, -0.15) is 0 Å². The number of nitrogens with one attached hydrogen (secondary N) is 1. The van der Waals surface area contributed by atoms with Crippen molar-refractivity contribution in [1.82, 2.24) is 10.5 Å². The molecule has 0 atom stereocenters. The summed E-state index contributed by atoms with van der Waals surface area (Å²) >= 11 is 0. The average molecular weight is 380 g/mol. The molecular weight excluding hydrogens is 360 g/mol. The third-order valence-corrected chi connectivity index (χ3v) is 4.67. The molecule has 0 radical (unpaired) electrons. The Balaban J connectivity index is 1.46. The molecular formula is C21H20N2O5. The molecule has 0 fully saturated rings. The van der Waals surface area contributed by atoms with Gasteiger partial charge in [0.05, 0.1) is 25.3 Å². The molecule has 1 amide bonds. The molecule has 2 heterocycles. The number of hydrogen-bond donors (Lipinski definition) is 1. The molecule has 4 rings (SSSR count). The SMILES string of the molecule is COc1ccc(OC)c(CCNC(=O)c2noc3c2COc2ccccc2-3)c1. The van der Waals surface area contributed by atoms with E-state index < -0.39 is 0 Å². The third kappa shape index (κ3) is 3.26. The smallest absolute Gasteiger partial charge is 0.273 e. The summed E-state index contributed by atoms with van der Waals surface area (Å²) in [5.74, 6) is 2.50. The van der Waals surface area contributed by atoms with Crippen molar-refractivity contribution in [3.05, 3.63) is 59.3 Å². The second-order valence-corrected chi connectivity index (χ2v) is 6.31. The van der Waals surface area contributed by atoms with Gasteiger partial charge in [-0.05, 0) is 42.3 Å². The van der Waals surface area contributed by atoms with E-state index in [0.717, 1.165) is 28.4 Å². The number of carbonyl (C=O) groups is 1. The monoisotopic (exact) mass is 380 g/mol. The molecule has 1 aromatic heterocycles. The lowest BCUT2D eigenvalue weighted by atomic mass is 10.0. The molecule has 0 saturated carbocycles. The van der Waals surface area contributed by atoms with Crippen LogP contribution in [0.5, 0.6) is 17.2 Å². The quantitative estimate of drug-likeness (QED) is 0.707. The fourth-order valence-electron chi connectivity index (χ4n) is 3.23. The summed E-state index contributed by atoms with van der Waals surface area (Å²) in [5, 5.41) is 6.85. The van der Waals surface area contributed by atoms with Crippen molar-refractivity contribution in [2.75, 3.05) is 20.8 Å². The lowest BCUT2D eigenvalue weighted by Gasteiger charge is -2.16. The van der Waals surface area contributed by atoms with Crippen LogP contribution < -0.4 is 19.5 Å². The second kappa shape index (κ2) is 7.64. The van der Waals surface area contributed by atoms with Crippen LogP contribution in [0.15, 0.2) is 47.0 Å². The predicted molar refractivity (Wildman–Crippen MR) is 102 cm³/mol. The molecule has 0 spiro atoms. The van der Waals surface area contributed by atoms with Gasteiger partial charge in [-0.1, -0.05) is 17.3 Å². The molecule has 0 aliphatic carbocycles. The number of hydrogen-bond acceptors (Lipinski definition) is 6. The highest BCUT2D eigenvalue weighted by Gasteiger charge is 2.28. The Labute approximate surface area is 162 Å². The van der Waals surface area contributed by atoms with E-state index in [-0.39, 0.29) is 18.2 Å². The normalized spacial score (nSPS) is 11.8. The molecule has 28 heavy (non-hydrogen) atoms. The van der Waals surface area contributed by atoms with Gasteiger partial charge < -0.3 is 24.1 Å². The summed E-state index contributed by atoms with van der Waals surface area (Å²) in [7, 11) is 3.23. The molecule has 0 bridgehead atoms. The van der Waals surface area contributed by atoms with Gasteiger partial charge in [0.1, 0.15) is 23.9 Å². The number of aromatic nitrogens is 1. The summed E-state index contributed by atoms with van der Waals surface area (Å²) in [5.41, 5.74) is 2.66. The van der Waals surface area contributed by atoms with Crippen LogP contribution in [-0.2, 0) is 13.0 Å². The Hall–Kier alpha value is -3.48. The minimum atomic E-state index is -0.296. The molecule has 3 aromatic rings. The van der Waals surface area contributed by atoms with Gasteiger partial charge in [0.15, 0.2) is 11.5 Å². The zero-order chi connectivity index (χ0) is 19.5. The first-order valence-electron chi connectivity index (χ1n) is 8.91. The first kappa shape index (κ1) is 17.9. The first-order chi connectivity index (χ1) is 13.7. The number of methoxy groups -OCH3 is 2. The van der Waals surface area contributed by atoms with Crippen LogP contribution in [0.1, 0.15) is 21.6 Å². The molecule has 2 aromatic carbocycles. The van der Waals surface area contributed by atoms with Crippen LogP contribution in [-0.4, -0.2) is 31.8 Å². The van der Waals surface area contributed by atoms with Crippen molar-refractivity contribution in [3.8, 4) is 28.6 Å². The maximum atomic E-state index is 12.6. The van der Waals surface area contributed by atoms with Gasteiger partial charge in [-0.3, -0.25) is 4.79 Å².